The molecule has 1 aromatic heterocycles. The van der Waals surface area contributed by atoms with Crippen LogP contribution in [0.15, 0.2) is 41.5 Å². The van der Waals surface area contributed by atoms with Crippen molar-refractivity contribution in [1.29, 1.82) is 0 Å². The van der Waals surface area contributed by atoms with Crippen LogP contribution in [-0.2, 0) is 20.1 Å². The molecule has 0 aliphatic carbocycles. The van der Waals surface area contributed by atoms with Crippen molar-refractivity contribution < 1.29 is 17.9 Å². The zero-order chi connectivity index (χ0) is 18.3. The number of hydrogen-bond acceptors (Lipinski definition) is 3. The lowest BCUT2D eigenvalue weighted by atomic mass is 10.2. The number of rotatable bonds is 6. The normalized spacial score (nSPS) is 12.1. The minimum atomic E-state index is -4.37. The number of alkyl halides is 3. The van der Waals surface area contributed by atoms with E-state index in [9.17, 15) is 13.2 Å². The Morgan fingerprint density at radius 1 is 1.20 bits per heavy atom. The highest BCUT2D eigenvalue weighted by Gasteiger charge is 2.28. The van der Waals surface area contributed by atoms with Gasteiger partial charge >= 0.3 is 6.18 Å². The predicted molar refractivity (Wildman–Crippen MR) is 88.2 cm³/mol. The summed E-state index contributed by atoms with van der Waals surface area (Å²) in [7, 11) is 3.45. The Bertz CT molecular complexity index is 712. The fourth-order valence-electron chi connectivity index (χ4n) is 2.10. The van der Waals surface area contributed by atoms with E-state index in [-0.39, 0.29) is 12.3 Å². The van der Waals surface area contributed by atoms with Crippen molar-refractivity contribution in [3.8, 4) is 5.75 Å². The molecule has 0 amide bonds. The van der Waals surface area contributed by atoms with Gasteiger partial charge in [-0.2, -0.15) is 18.3 Å². The van der Waals surface area contributed by atoms with Crippen molar-refractivity contribution in [2.75, 3.05) is 13.7 Å². The van der Waals surface area contributed by atoms with E-state index < -0.39 is 12.8 Å². The minimum absolute atomic E-state index is 0.189. The van der Waals surface area contributed by atoms with Gasteiger partial charge in [-0.05, 0) is 12.1 Å². The highest BCUT2D eigenvalue weighted by Crippen LogP contribution is 2.22. The van der Waals surface area contributed by atoms with Crippen molar-refractivity contribution in [2.24, 2.45) is 12.0 Å². The van der Waals surface area contributed by atoms with Crippen molar-refractivity contribution in [3.63, 3.8) is 0 Å². The lowest BCUT2D eigenvalue weighted by Gasteiger charge is -2.15. The van der Waals surface area contributed by atoms with E-state index in [1.165, 1.54) is 6.07 Å². The number of halogens is 3. The Labute approximate surface area is 143 Å². The van der Waals surface area contributed by atoms with Crippen molar-refractivity contribution >= 4 is 5.96 Å². The van der Waals surface area contributed by atoms with E-state index >= 15 is 0 Å². The molecular formula is C16H20F3N5O. The number of guanidine groups is 1. The van der Waals surface area contributed by atoms with E-state index in [2.05, 4.69) is 20.7 Å². The number of nitrogens with one attached hydrogen (secondary N) is 2. The number of hydrogen-bond donors (Lipinski definition) is 2. The molecule has 1 heterocycles. The first-order valence-corrected chi connectivity index (χ1v) is 7.58. The number of ether oxygens (including phenoxy) is 1. The highest BCUT2D eigenvalue weighted by atomic mass is 19.4. The predicted octanol–water partition coefficient (Wildman–Crippen LogP) is 2.23. The number of aliphatic imine (C=N–C) groups is 1. The van der Waals surface area contributed by atoms with E-state index in [1.54, 1.807) is 36.1 Å². The Morgan fingerprint density at radius 2 is 1.92 bits per heavy atom. The van der Waals surface area contributed by atoms with Crippen LogP contribution in [0.2, 0.25) is 0 Å². The molecule has 0 atom stereocenters. The monoisotopic (exact) mass is 355 g/mol. The molecule has 0 aliphatic rings. The van der Waals surface area contributed by atoms with Gasteiger partial charge in [-0.3, -0.25) is 9.67 Å². The summed E-state index contributed by atoms with van der Waals surface area (Å²) in [5, 5.41) is 10.2. The fraction of sp³-hybridized carbons (Fsp3) is 0.375. The third-order valence-corrected chi connectivity index (χ3v) is 3.39. The summed E-state index contributed by atoms with van der Waals surface area (Å²) in [6.07, 6.45) is -2.68. The van der Waals surface area contributed by atoms with Crippen molar-refractivity contribution in [3.05, 3.63) is 47.8 Å². The Hall–Kier alpha value is -2.71. The first-order chi connectivity index (χ1) is 11.9. The summed E-state index contributed by atoms with van der Waals surface area (Å²) in [6, 6.07) is 8.45. The second-order valence-corrected chi connectivity index (χ2v) is 5.24. The van der Waals surface area contributed by atoms with Crippen LogP contribution >= 0.6 is 0 Å². The topological polar surface area (TPSA) is 63.5 Å². The van der Waals surface area contributed by atoms with Crippen LogP contribution in [0.3, 0.4) is 0 Å². The van der Waals surface area contributed by atoms with Gasteiger partial charge in [0, 0.05) is 32.4 Å². The van der Waals surface area contributed by atoms with Crippen LogP contribution in [-0.4, -0.2) is 35.6 Å². The van der Waals surface area contributed by atoms with E-state index in [4.69, 9.17) is 4.74 Å². The summed E-state index contributed by atoms with van der Waals surface area (Å²) in [5.41, 5.74) is 1.58. The molecule has 2 N–H and O–H groups in total. The van der Waals surface area contributed by atoms with Crippen molar-refractivity contribution in [2.45, 2.75) is 19.3 Å². The van der Waals surface area contributed by atoms with Gasteiger partial charge in [0.2, 0.25) is 0 Å². The van der Waals surface area contributed by atoms with E-state index in [1.807, 2.05) is 13.1 Å². The number of aromatic nitrogens is 2. The van der Waals surface area contributed by atoms with Gasteiger partial charge in [-0.25, -0.2) is 0 Å². The van der Waals surface area contributed by atoms with Crippen LogP contribution in [0.1, 0.15) is 11.3 Å². The quantitative estimate of drug-likeness (QED) is 0.616. The molecule has 136 valence electrons. The van der Waals surface area contributed by atoms with Crippen LogP contribution in [0.25, 0.3) is 0 Å². The second kappa shape index (κ2) is 8.41. The molecule has 0 radical (unpaired) electrons. The highest BCUT2D eigenvalue weighted by molar-refractivity contribution is 5.79. The minimum Gasteiger partial charge on any atom is -0.484 e. The molecule has 2 aromatic rings. The maximum absolute atomic E-state index is 12.3. The summed E-state index contributed by atoms with van der Waals surface area (Å²) in [5.74, 6) is 0.709. The Kier molecular flexibility index (Phi) is 6.26. The largest absolute Gasteiger partial charge is 0.484 e. The third-order valence-electron chi connectivity index (χ3n) is 3.39. The number of para-hydroxylation sites is 1. The summed E-state index contributed by atoms with van der Waals surface area (Å²) in [4.78, 5) is 4.09. The van der Waals surface area contributed by atoms with Gasteiger partial charge in [0.15, 0.2) is 12.6 Å². The molecule has 0 spiro atoms. The lowest BCUT2D eigenvalue weighted by molar-refractivity contribution is -0.153. The molecule has 0 aliphatic heterocycles. The molecule has 0 saturated carbocycles. The molecule has 0 bridgehead atoms. The zero-order valence-electron chi connectivity index (χ0n) is 14.0. The summed E-state index contributed by atoms with van der Waals surface area (Å²) >= 11 is 0. The summed E-state index contributed by atoms with van der Waals surface area (Å²) < 4.78 is 43.6. The summed E-state index contributed by atoms with van der Waals surface area (Å²) in [6.45, 7) is -0.529. The molecule has 25 heavy (non-hydrogen) atoms. The first-order valence-electron chi connectivity index (χ1n) is 7.58. The zero-order valence-corrected chi connectivity index (χ0v) is 14.0. The molecule has 2 rings (SSSR count). The molecule has 0 unspecified atom stereocenters. The molecule has 0 fully saturated rings. The number of aryl methyl sites for hydroxylation is 1. The molecule has 9 heteroatoms. The number of nitrogens with zero attached hydrogens (tertiary/aromatic N) is 3. The standard InChI is InChI=1S/C16H20F3N5O/c1-20-15(22-10-13-7-8-23-24(13)2)21-9-12-5-3-4-6-14(12)25-11-16(17,18)19/h3-8H,9-11H2,1-2H3,(H2,20,21,22). The number of benzene rings is 1. The first kappa shape index (κ1) is 18.6. The van der Waals surface area contributed by atoms with Crippen LogP contribution in [0.5, 0.6) is 5.75 Å². The maximum atomic E-state index is 12.3. The van der Waals surface area contributed by atoms with E-state index in [0.717, 1.165) is 5.69 Å². The van der Waals surface area contributed by atoms with E-state index in [0.29, 0.717) is 18.1 Å². The average Bonchev–Trinajstić information content (AvgIpc) is 2.98. The van der Waals surface area contributed by atoms with Crippen LogP contribution < -0.4 is 15.4 Å². The van der Waals surface area contributed by atoms with Gasteiger partial charge in [0.25, 0.3) is 0 Å². The fourth-order valence-corrected chi connectivity index (χ4v) is 2.10. The van der Waals surface area contributed by atoms with Gasteiger partial charge < -0.3 is 15.4 Å². The van der Waals surface area contributed by atoms with Crippen LogP contribution in [0, 0.1) is 0 Å². The molecule has 0 saturated heterocycles. The Balaban J connectivity index is 1.91. The molecular weight excluding hydrogens is 335 g/mol. The Morgan fingerprint density at radius 3 is 2.56 bits per heavy atom. The third kappa shape index (κ3) is 6.02. The van der Waals surface area contributed by atoms with Crippen molar-refractivity contribution in [1.82, 2.24) is 20.4 Å². The van der Waals surface area contributed by atoms with Gasteiger partial charge in [-0.15, -0.1) is 0 Å². The maximum Gasteiger partial charge on any atom is 0.422 e. The van der Waals surface area contributed by atoms with Gasteiger partial charge in [0.1, 0.15) is 5.75 Å². The second-order valence-electron chi connectivity index (χ2n) is 5.24. The molecule has 6 nitrogen and oxygen atoms in total. The SMILES string of the molecule is CN=C(NCc1ccccc1OCC(F)(F)F)NCc1ccnn1C. The lowest BCUT2D eigenvalue weighted by Crippen LogP contribution is -2.36. The van der Waals surface area contributed by atoms with Crippen LogP contribution in [0.4, 0.5) is 13.2 Å². The average molecular weight is 355 g/mol. The van der Waals surface area contributed by atoms with Gasteiger partial charge in [0.05, 0.1) is 12.2 Å². The smallest absolute Gasteiger partial charge is 0.422 e. The molecule has 1 aromatic carbocycles. The van der Waals surface area contributed by atoms with Gasteiger partial charge in [-0.1, -0.05) is 18.2 Å².